The molecular formula is C27H29N3O. The maximum atomic E-state index is 5.68. The lowest BCUT2D eigenvalue weighted by molar-refractivity contribution is 0.311. The van der Waals surface area contributed by atoms with Crippen LogP contribution < -0.4 is 14.5 Å². The third-order valence-corrected chi connectivity index (χ3v) is 6.38. The van der Waals surface area contributed by atoms with Gasteiger partial charge in [-0.15, -0.1) is 0 Å². The summed E-state index contributed by atoms with van der Waals surface area (Å²) in [4.78, 5) is 7.11. The number of allylic oxidation sites excluding steroid dienone is 2. The van der Waals surface area contributed by atoms with Crippen molar-refractivity contribution in [1.82, 2.24) is 4.90 Å². The largest absolute Gasteiger partial charge is 0.495 e. The fraction of sp³-hybridized carbons (Fsp3) is 0.259. The first kappa shape index (κ1) is 19.7. The van der Waals surface area contributed by atoms with Gasteiger partial charge in [-0.2, -0.15) is 0 Å². The molecule has 2 aliphatic rings. The third kappa shape index (κ3) is 3.91. The lowest BCUT2D eigenvalue weighted by atomic mass is 9.97. The molecule has 2 heterocycles. The minimum Gasteiger partial charge on any atom is -0.495 e. The summed E-state index contributed by atoms with van der Waals surface area (Å²) in [7, 11) is 3.94. The van der Waals surface area contributed by atoms with E-state index in [-0.39, 0.29) is 0 Å². The van der Waals surface area contributed by atoms with Crippen LogP contribution >= 0.6 is 0 Å². The average Bonchev–Trinajstić information content (AvgIpc) is 2.84. The van der Waals surface area contributed by atoms with E-state index in [2.05, 4.69) is 101 Å². The molecule has 0 bridgehead atoms. The summed E-state index contributed by atoms with van der Waals surface area (Å²) in [6.45, 7) is 5.06. The highest BCUT2D eigenvalue weighted by Crippen LogP contribution is 2.35. The summed E-state index contributed by atoms with van der Waals surface area (Å²) in [5.41, 5.74) is 4.95. The molecule has 0 aliphatic carbocycles. The van der Waals surface area contributed by atoms with Gasteiger partial charge in [0.2, 0.25) is 0 Å². The maximum Gasteiger partial charge on any atom is 0.142 e. The van der Waals surface area contributed by atoms with Crippen LogP contribution in [0.1, 0.15) is 5.56 Å². The standard InChI is InChI=1S/C27H29N3O/c1-28-16-18-30(19-17-28)26-20-23(10-11-27(26)31-2)29-14-12-22(13-15-29)25-9-5-7-21-6-3-4-8-24(21)25/h3-14,20H,15-19H2,1-2H3. The van der Waals surface area contributed by atoms with Crippen molar-refractivity contribution in [2.45, 2.75) is 0 Å². The highest BCUT2D eigenvalue weighted by Gasteiger charge is 2.19. The molecule has 0 aromatic heterocycles. The van der Waals surface area contributed by atoms with Crippen LogP contribution in [-0.2, 0) is 0 Å². The van der Waals surface area contributed by atoms with Crippen molar-refractivity contribution >= 4 is 27.7 Å². The molecule has 1 saturated heterocycles. The predicted octanol–water partition coefficient (Wildman–Crippen LogP) is 5.02. The van der Waals surface area contributed by atoms with Crippen LogP contribution in [0.3, 0.4) is 0 Å². The van der Waals surface area contributed by atoms with Crippen molar-refractivity contribution in [3.8, 4) is 5.75 Å². The molecule has 0 unspecified atom stereocenters. The molecule has 5 rings (SSSR count). The molecular weight excluding hydrogens is 382 g/mol. The van der Waals surface area contributed by atoms with Crippen LogP contribution in [0.2, 0.25) is 0 Å². The Balaban J connectivity index is 1.40. The molecule has 0 atom stereocenters. The van der Waals surface area contributed by atoms with Gasteiger partial charge in [-0.05, 0) is 53.2 Å². The topological polar surface area (TPSA) is 19.0 Å². The summed E-state index contributed by atoms with van der Waals surface area (Å²) in [6, 6.07) is 21.6. The van der Waals surface area contributed by atoms with Crippen LogP contribution in [0.4, 0.5) is 11.4 Å². The molecule has 3 aromatic rings. The van der Waals surface area contributed by atoms with Crippen LogP contribution in [0, 0.1) is 0 Å². The van der Waals surface area contributed by atoms with Gasteiger partial charge in [0.15, 0.2) is 0 Å². The second kappa shape index (κ2) is 8.48. The van der Waals surface area contributed by atoms with Gasteiger partial charge in [-0.1, -0.05) is 48.5 Å². The van der Waals surface area contributed by atoms with E-state index >= 15 is 0 Å². The molecule has 0 amide bonds. The highest BCUT2D eigenvalue weighted by atomic mass is 16.5. The smallest absolute Gasteiger partial charge is 0.142 e. The van der Waals surface area contributed by atoms with E-state index < -0.39 is 0 Å². The Morgan fingerprint density at radius 2 is 1.68 bits per heavy atom. The number of anilines is 2. The van der Waals surface area contributed by atoms with Gasteiger partial charge in [0.05, 0.1) is 12.8 Å². The van der Waals surface area contributed by atoms with Crippen molar-refractivity contribution < 1.29 is 4.74 Å². The zero-order chi connectivity index (χ0) is 21.2. The fourth-order valence-electron chi connectivity index (χ4n) is 4.52. The molecule has 31 heavy (non-hydrogen) atoms. The Bertz CT molecular complexity index is 1140. The Kier molecular flexibility index (Phi) is 5.39. The highest BCUT2D eigenvalue weighted by molar-refractivity contribution is 5.96. The maximum absolute atomic E-state index is 5.68. The van der Waals surface area contributed by atoms with Gasteiger partial charge in [0, 0.05) is 44.6 Å². The zero-order valence-corrected chi connectivity index (χ0v) is 18.3. The van der Waals surface area contributed by atoms with E-state index in [1.54, 1.807) is 7.11 Å². The monoisotopic (exact) mass is 411 g/mol. The van der Waals surface area contributed by atoms with E-state index in [0.717, 1.165) is 38.5 Å². The van der Waals surface area contributed by atoms with Crippen molar-refractivity contribution in [1.29, 1.82) is 0 Å². The van der Waals surface area contributed by atoms with Crippen molar-refractivity contribution in [2.24, 2.45) is 0 Å². The predicted molar refractivity (Wildman–Crippen MR) is 131 cm³/mol. The van der Waals surface area contributed by atoms with Crippen LogP contribution in [0.25, 0.3) is 16.3 Å². The molecule has 0 spiro atoms. The number of benzene rings is 3. The Morgan fingerprint density at radius 3 is 2.45 bits per heavy atom. The fourth-order valence-corrected chi connectivity index (χ4v) is 4.52. The molecule has 1 fully saturated rings. The molecule has 3 aromatic carbocycles. The number of likely N-dealkylation sites (N-methyl/N-ethyl adjacent to an activating group) is 1. The first-order chi connectivity index (χ1) is 15.2. The number of methoxy groups -OCH3 is 1. The lowest BCUT2D eigenvalue weighted by Crippen LogP contribution is -2.44. The van der Waals surface area contributed by atoms with Crippen molar-refractivity contribution in [2.75, 3.05) is 56.7 Å². The van der Waals surface area contributed by atoms with Gasteiger partial charge < -0.3 is 19.4 Å². The van der Waals surface area contributed by atoms with E-state index in [0.29, 0.717) is 0 Å². The molecule has 2 aliphatic heterocycles. The van der Waals surface area contributed by atoms with Gasteiger partial charge in [-0.3, -0.25) is 0 Å². The number of hydrogen-bond donors (Lipinski definition) is 0. The quantitative estimate of drug-likeness (QED) is 0.600. The second-order valence-corrected chi connectivity index (χ2v) is 8.30. The van der Waals surface area contributed by atoms with Gasteiger partial charge >= 0.3 is 0 Å². The second-order valence-electron chi connectivity index (χ2n) is 8.30. The summed E-state index contributed by atoms with van der Waals surface area (Å²) < 4.78 is 5.68. The third-order valence-electron chi connectivity index (χ3n) is 6.38. The minimum absolute atomic E-state index is 0.851. The number of ether oxygens (including phenoxy) is 1. The summed E-state index contributed by atoms with van der Waals surface area (Å²) in [5.74, 6) is 0.946. The number of rotatable bonds is 4. The van der Waals surface area contributed by atoms with Gasteiger partial charge in [-0.25, -0.2) is 0 Å². The van der Waals surface area contributed by atoms with Crippen LogP contribution in [0.5, 0.6) is 5.75 Å². The SMILES string of the molecule is COc1ccc(N2C=CC(c3cccc4ccccc34)=CC2)cc1N1CCN(C)CC1. The first-order valence-electron chi connectivity index (χ1n) is 11.0. The average molecular weight is 412 g/mol. The summed E-state index contributed by atoms with van der Waals surface area (Å²) >= 11 is 0. The Morgan fingerprint density at radius 1 is 0.871 bits per heavy atom. The van der Waals surface area contributed by atoms with Crippen LogP contribution in [-0.4, -0.2) is 51.8 Å². The molecule has 4 heteroatoms. The number of nitrogens with zero attached hydrogens (tertiary/aromatic N) is 3. The Labute approximate surface area is 184 Å². The Hall–Kier alpha value is -3.24. The van der Waals surface area contributed by atoms with E-state index in [1.165, 1.54) is 33.3 Å². The van der Waals surface area contributed by atoms with Gasteiger partial charge in [0.25, 0.3) is 0 Å². The van der Waals surface area contributed by atoms with E-state index in [1.807, 2.05) is 0 Å². The zero-order valence-electron chi connectivity index (χ0n) is 18.3. The van der Waals surface area contributed by atoms with Crippen molar-refractivity contribution in [3.05, 3.63) is 84.6 Å². The summed E-state index contributed by atoms with van der Waals surface area (Å²) in [6.07, 6.45) is 6.75. The number of piperazine rings is 1. The van der Waals surface area contributed by atoms with E-state index in [4.69, 9.17) is 4.74 Å². The minimum atomic E-state index is 0.851. The lowest BCUT2D eigenvalue weighted by Gasteiger charge is -2.35. The number of hydrogen-bond acceptors (Lipinski definition) is 4. The first-order valence-corrected chi connectivity index (χ1v) is 11.0. The molecule has 158 valence electrons. The molecule has 0 N–H and O–H groups in total. The van der Waals surface area contributed by atoms with Crippen molar-refractivity contribution in [3.63, 3.8) is 0 Å². The van der Waals surface area contributed by atoms with Gasteiger partial charge in [0.1, 0.15) is 5.75 Å². The number of fused-ring (bicyclic) bond motifs is 1. The molecule has 0 radical (unpaired) electrons. The molecule has 0 saturated carbocycles. The summed E-state index contributed by atoms with van der Waals surface area (Å²) in [5, 5.41) is 2.58. The normalized spacial score (nSPS) is 17.2. The molecule has 4 nitrogen and oxygen atoms in total. The van der Waals surface area contributed by atoms with E-state index in [9.17, 15) is 0 Å². The van der Waals surface area contributed by atoms with Crippen LogP contribution in [0.15, 0.2) is 79.0 Å².